The number of nitrogens with one attached hydrogen (secondary N) is 1. The molecule has 1 amide bonds. The minimum atomic E-state index is -0.499. The predicted octanol–water partition coefficient (Wildman–Crippen LogP) is 1.80. The monoisotopic (exact) mass is 214 g/mol. The summed E-state index contributed by atoms with van der Waals surface area (Å²) >= 11 is 0.888. The Morgan fingerprint density at radius 3 is 2.86 bits per heavy atom. The molecule has 0 unspecified atom stereocenters. The van der Waals surface area contributed by atoms with Crippen molar-refractivity contribution in [2.24, 2.45) is 0 Å². The van der Waals surface area contributed by atoms with Crippen molar-refractivity contribution in [2.45, 2.75) is 13.3 Å². The second-order valence-corrected chi connectivity index (χ2v) is 3.71. The van der Waals surface area contributed by atoms with Gasteiger partial charge in [0.15, 0.2) is 0 Å². The van der Waals surface area contributed by atoms with Crippen LogP contribution >= 0.6 is 11.3 Å². The van der Waals surface area contributed by atoms with Crippen LogP contribution in [0.5, 0.6) is 0 Å². The first-order valence-corrected chi connectivity index (χ1v) is 4.99. The normalized spacial score (nSPS) is 9.79. The van der Waals surface area contributed by atoms with E-state index in [-0.39, 0.29) is 10.9 Å². The molecule has 0 fully saturated rings. The molecule has 0 aliphatic heterocycles. The quantitative estimate of drug-likeness (QED) is 0.613. The van der Waals surface area contributed by atoms with Gasteiger partial charge >= 0.3 is 5.00 Å². The summed E-state index contributed by atoms with van der Waals surface area (Å²) in [5.74, 6) is -0.245. The van der Waals surface area contributed by atoms with E-state index in [4.69, 9.17) is 0 Å². The topological polar surface area (TPSA) is 72.2 Å². The van der Waals surface area contributed by atoms with Gasteiger partial charge in [0.1, 0.15) is 0 Å². The number of hydrogen-bond donors (Lipinski definition) is 1. The van der Waals surface area contributed by atoms with Crippen LogP contribution in [0.1, 0.15) is 23.0 Å². The minimum absolute atomic E-state index is 0.00773. The van der Waals surface area contributed by atoms with Crippen molar-refractivity contribution in [3.8, 4) is 0 Å². The van der Waals surface area contributed by atoms with Crippen LogP contribution in [0.3, 0.4) is 0 Å². The second kappa shape index (κ2) is 4.71. The zero-order chi connectivity index (χ0) is 10.6. The summed E-state index contributed by atoms with van der Waals surface area (Å²) in [7, 11) is 0. The third kappa shape index (κ3) is 2.53. The Kier molecular flexibility index (Phi) is 3.58. The Morgan fingerprint density at radius 2 is 2.36 bits per heavy atom. The molecule has 0 aliphatic rings. The molecule has 0 saturated heterocycles. The van der Waals surface area contributed by atoms with Crippen molar-refractivity contribution in [1.29, 1.82) is 0 Å². The Morgan fingerprint density at radius 1 is 1.64 bits per heavy atom. The van der Waals surface area contributed by atoms with Gasteiger partial charge in [-0.25, -0.2) is 0 Å². The fourth-order valence-electron chi connectivity index (χ4n) is 0.873. The molecule has 0 saturated carbocycles. The van der Waals surface area contributed by atoms with E-state index in [1.807, 2.05) is 6.92 Å². The second-order valence-electron chi connectivity index (χ2n) is 2.65. The van der Waals surface area contributed by atoms with Gasteiger partial charge in [-0.3, -0.25) is 14.9 Å². The highest BCUT2D eigenvalue weighted by atomic mass is 32.1. The highest BCUT2D eigenvalue weighted by Crippen LogP contribution is 2.23. The molecule has 1 heterocycles. The van der Waals surface area contributed by atoms with Gasteiger partial charge in [-0.2, -0.15) is 0 Å². The Labute approximate surface area is 84.9 Å². The van der Waals surface area contributed by atoms with Crippen LogP contribution in [-0.2, 0) is 0 Å². The van der Waals surface area contributed by atoms with E-state index in [1.165, 1.54) is 12.1 Å². The molecule has 0 spiro atoms. The van der Waals surface area contributed by atoms with Crippen LogP contribution < -0.4 is 5.32 Å². The molecule has 0 aliphatic carbocycles. The summed E-state index contributed by atoms with van der Waals surface area (Å²) in [5, 5.41) is 13.0. The summed E-state index contributed by atoms with van der Waals surface area (Å²) < 4.78 is 0. The van der Waals surface area contributed by atoms with Gasteiger partial charge in [0, 0.05) is 12.6 Å². The lowest BCUT2D eigenvalue weighted by Crippen LogP contribution is -2.22. The molecule has 76 valence electrons. The number of carbonyl (C=O) groups excluding carboxylic acids is 1. The maximum absolute atomic E-state index is 11.3. The van der Waals surface area contributed by atoms with Crippen LogP contribution in [0, 0.1) is 10.1 Å². The molecule has 1 rings (SSSR count). The van der Waals surface area contributed by atoms with Crippen molar-refractivity contribution < 1.29 is 9.72 Å². The summed E-state index contributed by atoms with van der Waals surface area (Å²) in [6, 6.07) is 2.80. The summed E-state index contributed by atoms with van der Waals surface area (Å²) in [6.45, 7) is 2.53. The number of carbonyl (C=O) groups is 1. The molecule has 0 aromatic carbocycles. The molecule has 5 nitrogen and oxygen atoms in total. The molecule has 1 N–H and O–H groups in total. The fraction of sp³-hybridized carbons (Fsp3) is 0.375. The van der Waals surface area contributed by atoms with Crippen molar-refractivity contribution in [1.82, 2.24) is 5.32 Å². The Bertz CT molecular complexity index is 348. The van der Waals surface area contributed by atoms with E-state index in [0.717, 1.165) is 17.8 Å². The molecular formula is C8H10N2O3S. The summed E-state index contributed by atoms with van der Waals surface area (Å²) in [5.41, 5.74) is 0. The van der Waals surface area contributed by atoms with Gasteiger partial charge in [0.2, 0.25) is 0 Å². The first-order chi connectivity index (χ1) is 6.65. The number of hydrogen-bond acceptors (Lipinski definition) is 4. The molecule has 0 radical (unpaired) electrons. The predicted molar refractivity (Wildman–Crippen MR) is 53.6 cm³/mol. The zero-order valence-electron chi connectivity index (χ0n) is 7.65. The van der Waals surface area contributed by atoms with Crippen molar-refractivity contribution in [2.75, 3.05) is 6.54 Å². The first-order valence-electron chi connectivity index (χ1n) is 4.17. The number of nitro groups is 1. The SMILES string of the molecule is CCCNC(=O)c1ccc([N+](=O)[O-])s1. The Balaban J connectivity index is 2.66. The van der Waals surface area contributed by atoms with Crippen LogP contribution in [0.25, 0.3) is 0 Å². The van der Waals surface area contributed by atoms with Crippen LogP contribution in [-0.4, -0.2) is 17.4 Å². The molecular weight excluding hydrogens is 204 g/mol. The minimum Gasteiger partial charge on any atom is -0.351 e. The van der Waals surface area contributed by atoms with E-state index in [9.17, 15) is 14.9 Å². The van der Waals surface area contributed by atoms with Crippen molar-refractivity contribution in [3.05, 3.63) is 27.1 Å². The lowest BCUT2D eigenvalue weighted by Gasteiger charge is -1.98. The molecule has 6 heteroatoms. The standard InChI is InChI=1S/C8H10N2O3S/c1-2-5-9-8(11)6-3-4-7(14-6)10(12)13/h3-4H,2,5H2,1H3,(H,9,11). The van der Waals surface area contributed by atoms with Gasteiger partial charge in [-0.05, 0) is 12.5 Å². The lowest BCUT2D eigenvalue weighted by atomic mass is 10.4. The van der Waals surface area contributed by atoms with Gasteiger partial charge in [0.25, 0.3) is 5.91 Å². The maximum Gasteiger partial charge on any atom is 0.324 e. The number of amides is 1. The smallest absolute Gasteiger partial charge is 0.324 e. The molecule has 1 aromatic rings. The van der Waals surface area contributed by atoms with E-state index in [0.29, 0.717) is 11.4 Å². The average molecular weight is 214 g/mol. The molecule has 0 bridgehead atoms. The van der Waals surface area contributed by atoms with E-state index >= 15 is 0 Å². The average Bonchev–Trinajstić information content (AvgIpc) is 2.62. The van der Waals surface area contributed by atoms with Gasteiger partial charge in [-0.1, -0.05) is 18.3 Å². The molecule has 1 aromatic heterocycles. The van der Waals surface area contributed by atoms with E-state index < -0.39 is 4.92 Å². The first kappa shape index (κ1) is 10.6. The zero-order valence-corrected chi connectivity index (χ0v) is 8.47. The number of rotatable bonds is 4. The van der Waals surface area contributed by atoms with Gasteiger partial charge in [0.05, 0.1) is 9.80 Å². The van der Waals surface area contributed by atoms with Crippen LogP contribution in [0.15, 0.2) is 12.1 Å². The highest BCUT2D eigenvalue weighted by Gasteiger charge is 2.14. The van der Waals surface area contributed by atoms with Crippen LogP contribution in [0.4, 0.5) is 5.00 Å². The third-order valence-electron chi connectivity index (χ3n) is 1.53. The third-order valence-corrected chi connectivity index (χ3v) is 2.57. The molecule has 14 heavy (non-hydrogen) atoms. The Hall–Kier alpha value is -1.43. The van der Waals surface area contributed by atoms with E-state index in [2.05, 4.69) is 5.32 Å². The van der Waals surface area contributed by atoms with Gasteiger partial charge < -0.3 is 5.32 Å². The van der Waals surface area contributed by atoms with E-state index in [1.54, 1.807) is 0 Å². The van der Waals surface area contributed by atoms with Crippen molar-refractivity contribution >= 4 is 22.2 Å². The van der Waals surface area contributed by atoms with Gasteiger partial charge in [-0.15, -0.1) is 0 Å². The summed E-state index contributed by atoms with van der Waals surface area (Å²) in [6.07, 6.45) is 0.846. The van der Waals surface area contributed by atoms with Crippen LogP contribution in [0.2, 0.25) is 0 Å². The largest absolute Gasteiger partial charge is 0.351 e. The summed E-state index contributed by atoms with van der Waals surface area (Å²) in [4.78, 5) is 21.5. The lowest BCUT2D eigenvalue weighted by molar-refractivity contribution is -0.380. The fourth-order valence-corrected chi connectivity index (χ4v) is 1.61. The molecule has 0 atom stereocenters. The van der Waals surface area contributed by atoms with Crippen molar-refractivity contribution in [3.63, 3.8) is 0 Å². The highest BCUT2D eigenvalue weighted by molar-refractivity contribution is 7.17. The number of thiophene rings is 1. The maximum atomic E-state index is 11.3. The number of nitrogens with zero attached hydrogens (tertiary/aromatic N) is 1.